The molecular weight excluding hydrogens is 430 g/mol. The van der Waals surface area contributed by atoms with Crippen molar-refractivity contribution in [3.05, 3.63) is 66.2 Å². The van der Waals surface area contributed by atoms with E-state index in [-0.39, 0.29) is 11.7 Å². The molecule has 1 amide bonds. The van der Waals surface area contributed by atoms with Gasteiger partial charge in [0.15, 0.2) is 11.5 Å². The summed E-state index contributed by atoms with van der Waals surface area (Å²) in [5, 5.41) is 16.4. The minimum absolute atomic E-state index is 0.164. The summed E-state index contributed by atoms with van der Waals surface area (Å²) in [5.74, 6) is 0.889. The maximum Gasteiger partial charge on any atom is 0.337 e. The van der Waals surface area contributed by atoms with Gasteiger partial charge in [0.05, 0.1) is 25.5 Å². The van der Waals surface area contributed by atoms with Crippen LogP contribution in [0.5, 0.6) is 5.75 Å². The van der Waals surface area contributed by atoms with Crippen LogP contribution in [-0.4, -0.2) is 51.7 Å². The van der Waals surface area contributed by atoms with Crippen LogP contribution in [0.25, 0.3) is 17.0 Å². The van der Waals surface area contributed by atoms with Crippen LogP contribution in [0.4, 0.5) is 5.69 Å². The van der Waals surface area contributed by atoms with Crippen LogP contribution < -0.4 is 10.1 Å². The number of carbonyl (C=O) groups excluding carboxylic acids is 2. The number of nitrogens with one attached hydrogen (secondary N) is 1. The van der Waals surface area contributed by atoms with Gasteiger partial charge in [0, 0.05) is 11.3 Å². The number of rotatable bonds is 7. The molecule has 0 saturated heterocycles. The van der Waals surface area contributed by atoms with Crippen LogP contribution in [0.15, 0.2) is 65.7 Å². The lowest BCUT2D eigenvalue weighted by atomic mass is 10.2. The summed E-state index contributed by atoms with van der Waals surface area (Å²) >= 11 is 1.29. The lowest BCUT2D eigenvalue weighted by Crippen LogP contribution is -2.14. The Bertz CT molecular complexity index is 1260. The molecule has 32 heavy (non-hydrogen) atoms. The van der Waals surface area contributed by atoms with Crippen molar-refractivity contribution in [2.45, 2.75) is 5.03 Å². The molecule has 0 aliphatic carbocycles. The third kappa shape index (κ3) is 4.70. The number of benzene rings is 2. The molecule has 0 aliphatic heterocycles. The highest BCUT2D eigenvalue weighted by Crippen LogP contribution is 2.23. The topological polar surface area (TPSA) is 108 Å². The van der Waals surface area contributed by atoms with Crippen molar-refractivity contribution in [1.29, 1.82) is 0 Å². The van der Waals surface area contributed by atoms with Crippen LogP contribution in [0.3, 0.4) is 0 Å². The van der Waals surface area contributed by atoms with Crippen molar-refractivity contribution in [2.75, 3.05) is 25.3 Å². The molecular formula is C22H19N5O4S. The molecule has 1 N–H and O–H groups in total. The molecule has 4 rings (SSSR count). The highest BCUT2D eigenvalue weighted by molar-refractivity contribution is 7.99. The first-order valence-corrected chi connectivity index (χ1v) is 10.5. The van der Waals surface area contributed by atoms with Gasteiger partial charge in [-0.15, -0.1) is 10.2 Å². The Morgan fingerprint density at radius 2 is 1.72 bits per heavy atom. The van der Waals surface area contributed by atoms with E-state index in [1.54, 1.807) is 48.0 Å². The molecule has 10 heteroatoms. The number of nitrogens with zero attached hydrogens (tertiary/aromatic N) is 4. The van der Waals surface area contributed by atoms with Gasteiger partial charge in [-0.25, -0.2) is 4.79 Å². The van der Waals surface area contributed by atoms with E-state index in [4.69, 9.17) is 4.74 Å². The lowest BCUT2D eigenvalue weighted by molar-refractivity contribution is -0.113. The fourth-order valence-corrected chi connectivity index (χ4v) is 3.57. The summed E-state index contributed by atoms with van der Waals surface area (Å²) in [6.07, 6.45) is 0. The van der Waals surface area contributed by atoms with Gasteiger partial charge in [-0.3, -0.25) is 4.79 Å². The number of esters is 1. The molecule has 0 atom stereocenters. The second-order valence-electron chi connectivity index (χ2n) is 6.60. The Morgan fingerprint density at radius 3 is 2.41 bits per heavy atom. The number of anilines is 1. The predicted octanol–water partition coefficient (Wildman–Crippen LogP) is 3.32. The normalized spacial score (nSPS) is 10.7. The van der Waals surface area contributed by atoms with E-state index in [1.807, 2.05) is 24.3 Å². The van der Waals surface area contributed by atoms with Gasteiger partial charge in [0.2, 0.25) is 5.91 Å². The van der Waals surface area contributed by atoms with Gasteiger partial charge < -0.3 is 14.8 Å². The fraction of sp³-hybridized carbons (Fsp3) is 0.136. The van der Waals surface area contributed by atoms with E-state index in [0.29, 0.717) is 27.7 Å². The Labute approximate surface area is 187 Å². The van der Waals surface area contributed by atoms with Crippen LogP contribution in [-0.2, 0) is 9.53 Å². The second-order valence-corrected chi connectivity index (χ2v) is 7.60. The number of fused-ring (bicyclic) bond motifs is 1. The molecule has 0 aliphatic rings. The number of amides is 1. The molecule has 0 unspecified atom stereocenters. The zero-order chi connectivity index (χ0) is 22.5. The van der Waals surface area contributed by atoms with Crippen molar-refractivity contribution in [3.8, 4) is 17.1 Å². The molecule has 0 fully saturated rings. The Kier molecular flexibility index (Phi) is 6.31. The predicted molar refractivity (Wildman–Crippen MR) is 120 cm³/mol. The van der Waals surface area contributed by atoms with Gasteiger partial charge in [0.1, 0.15) is 10.8 Å². The van der Waals surface area contributed by atoms with Gasteiger partial charge in [-0.05, 0) is 60.7 Å². The van der Waals surface area contributed by atoms with E-state index in [9.17, 15) is 9.59 Å². The zero-order valence-corrected chi connectivity index (χ0v) is 18.1. The standard InChI is InChI=1S/C22H19N5O4S/c1-30-17-9-5-14(6-10-17)21-25-24-18-11-12-20(26-27(18)21)32-13-19(28)23-16-7-3-15(4-8-16)22(29)31-2/h3-12H,13H2,1-2H3,(H,23,28). The van der Waals surface area contributed by atoms with Crippen molar-refractivity contribution >= 4 is 35.0 Å². The van der Waals surface area contributed by atoms with Gasteiger partial charge in [-0.1, -0.05) is 11.8 Å². The molecule has 0 bridgehead atoms. The number of carbonyl (C=O) groups is 2. The SMILES string of the molecule is COC(=O)c1ccc(NC(=O)CSc2ccc3nnc(-c4ccc(OC)cc4)n3n2)cc1. The van der Waals surface area contributed by atoms with Gasteiger partial charge in [0.25, 0.3) is 0 Å². The van der Waals surface area contributed by atoms with E-state index < -0.39 is 5.97 Å². The van der Waals surface area contributed by atoms with E-state index in [1.165, 1.54) is 18.9 Å². The first-order valence-electron chi connectivity index (χ1n) is 9.55. The summed E-state index contributed by atoms with van der Waals surface area (Å²) in [5.41, 5.74) is 2.46. The maximum atomic E-state index is 12.3. The van der Waals surface area contributed by atoms with Crippen molar-refractivity contribution in [3.63, 3.8) is 0 Å². The average molecular weight is 449 g/mol. The Hall–Kier alpha value is -3.92. The molecule has 0 spiro atoms. The van der Waals surface area contributed by atoms with Crippen LogP contribution in [0.1, 0.15) is 10.4 Å². The molecule has 4 aromatic rings. The number of aromatic nitrogens is 4. The Balaban J connectivity index is 1.42. The zero-order valence-electron chi connectivity index (χ0n) is 17.3. The number of thioether (sulfide) groups is 1. The van der Waals surface area contributed by atoms with Crippen LogP contribution in [0.2, 0.25) is 0 Å². The first-order chi connectivity index (χ1) is 15.6. The maximum absolute atomic E-state index is 12.3. The van der Waals surface area contributed by atoms with Crippen molar-refractivity contribution in [1.82, 2.24) is 19.8 Å². The highest BCUT2D eigenvalue weighted by Gasteiger charge is 2.12. The third-order valence-electron chi connectivity index (χ3n) is 4.53. The quantitative estimate of drug-likeness (QED) is 0.338. The first kappa shape index (κ1) is 21.3. The summed E-state index contributed by atoms with van der Waals surface area (Å²) < 4.78 is 11.5. The minimum Gasteiger partial charge on any atom is -0.497 e. The summed E-state index contributed by atoms with van der Waals surface area (Å²) in [4.78, 5) is 23.8. The Morgan fingerprint density at radius 1 is 0.969 bits per heavy atom. The largest absolute Gasteiger partial charge is 0.497 e. The van der Waals surface area contributed by atoms with E-state index >= 15 is 0 Å². The minimum atomic E-state index is -0.428. The van der Waals surface area contributed by atoms with Crippen molar-refractivity contribution in [2.24, 2.45) is 0 Å². The van der Waals surface area contributed by atoms with Gasteiger partial charge in [-0.2, -0.15) is 9.61 Å². The van der Waals surface area contributed by atoms with E-state index in [0.717, 1.165) is 11.3 Å². The third-order valence-corrected chi connectivity index (χ3v) is 5.45. The average Bonchev–Trinajstić information content (AvgIpc) is 3.26. The number of hydrogen-bond donors (Lipinski definition) is 1. The molecule has 0 saturated carbocycles. The van der Waals surface area contributed by atoms with Gasteiger partial charge >= 0.3 is 5.97 Å². The summed E-state index contributed by atoms with van der Waals surface area (Å²) in [6.45, 7) is 0. The number of hydrogen-bond acceptors (Lipinski definition) is 8. The van der Waals surface area contributed by atoms with Crippen LogP contribution >= 0.6 is 11.8 Å². The second kappa shape index (κ2) is 9.48. The van der Waals surface area contributed by atoms with Crippen molar-refractivity contribution < 1.29 is 19.1 Å². The lowest BCUT2D eigenvalue weighted by Gasteiger charge is -2.06. The smallest absolute Gasteiger partial charge is 0.337 e. The van der Waals surface area contributed by atoms with E-state index in [2.05, 4.69) is 25.3 Å². The number of methoxy groups -OCH3 is 2. The molecule has 2 aromatic carbocycles. The molecule has 9 nitrogen and oxygen atoms in total. The monoisotopic (exact) mass is 449 g/mol. The summed E-state index contributed by atoms with van der Waals surface area (Å²) in [7, 11) is 2.93. The molecule has 2 aromatic heterocycles. The fourth-order valence-electron chi connectivity index (χ4n) is 2.91. The number of ether oxygens (including phenoxy) is 2. The van der Waals surface area contributed by atoms with Crippen LogP contribution in [0, 0.1) is 0 Å². The highest BCUT2D eigenvalue weighted by atomic mass is 32.2. The molecule has 162 valence electrons. The summed E-state index contributed by atoms with van der Waals surface area (Å²) in [6, 6.07) is 17.5. The molecule has 0 radical (unpaired) electrons. The molecule has 2 heterocycles.